The van der Waals surface area contributed by atoms with E-state index in [1.807, 2.05) is 18.2 Å². The molecule has 0 unspecified atom stereocenters. The molecule has 0 fully saturated rings. The van der Waals surface area contributed by atoms with E-state index in [1.54, 1.807) is 24.3 Å². The van der Waals surface area contributed by atoms with Crippen LogP contribution in [0, 0.1) is 17.7 Å². The number of hydrogen-bond acceptors (Lipinski definition) is 1. The summed E-state index contributed by atoms with van der Waals surface area (Å²) in [5.41, 5.74) is 1.35. The molecule has 0 saturated carbocycles. The third-order valence-electron chi connectivity index (χ3n) is 2.49. The van der Waals surface area contributed by atoms with Gasteiger partial charge in [-0.3, -0.25) is 0 Å². The minimum absolute atomic E-state index is 0.194. The number of rotatable bonds is 3. The average Bonchev–Trinajstić information content (AvgIpc) is 2.45. The average molecular weight is 275 g/mol. The molecule has 1 nitrogen and oxygen atoms in total. The van der Waals surface area contributed by atoms with Crippen LogP contribution in [0.25, 0.3) is 0 Å². The van der Waals surface area contributed by atoms with E-state index in [4.69, 9.17) is 16.3 Å². The van der Waals surface area contributed by atoms with Crippen molar-refractivity contribution in [1.82, 2.24) is 0 Å². The zero-order chi connectivity index (χ0) is 13.5. The van der Waals surface area contributed by atoms with Gasteiger partial charge in [-0.1, -0.05) is 36.1 Å². The molecular formula is C16H12ClFO. The van der Waals surface area contributed by atoms with Crippen molar-refractivity contribution >= 4 is 11.6 Å². The van der Waals surface area contributed by atoms with Crippen LogP contribution in [0.2, 0.25) is 0 Å². The van der Waals surface area contributed by atoms with Crippen molar-refractivity contribution in [3.8, 4) is 17.6 Å². The number of alkyl halides is 1. The Bertz CT molecular complexity index is 613. The lowest BCUT2D eigenvalue weighted by atomic mass is 10.2. The molecule has 2 aromatic carbocycles. The Balaban J connectivity index is 2.06. The molecule has 3 heteroatoms. The smallest absolute Gasteiger partial charge is 0.129 e. The Morgan fingerprint density at radius 1 is 1.11 bits per heavy atom. The highest BCUT2D eigenvalue weighted by atomic mass is 35.5. The molecule has 96 valence electrons. The molecule has 19 heavy (non-hydrogen) atoms. The summed E-state index contributed by atoms with van der Waals surface area (Å²) in [6.45, 7) is 0.194. The first-order valence-electron chi connectivity index (χ1n) is 5.80. The molecule has 0 aliphatic carbocycles. The molecule has 0 amide bonds. The molecule has 0 aliphatic rings. The van der Waals surface area contributed by atoms with E-state index in [1.165, 1.54) is 6.07 Å². The quantitative estimate of drug-likeness (QED) is 0.607. The van der Waals surface area contributed by atoms with Gasteiger partial charge in [0.1, 0.15) is 18.2 Å². The predicted octanol–water partition coefficient (Wildman–Crippen LogP) is 4.00. The minimum Gasteiger partial charge on any atom is -0.489 e. The van der Waals surface area contributed by atoms with Gasteiger partial charge in [0.15, 0.2) is 0 Å². The van der Waals surface area contributed by atoms with Crippen molar-refractivity contribution in [3.63, 3.8) is 0 Å². The second-order valence-electron chi connectivity index (χ2n) is 3.84. The minimum atomic E-state index is -0.263. The first kappa shape index (κ1) is 13.5. The molecular weight excluding hydrogens is 263 g/mol. The van der Waals surface area contributed by atoms with E-state index in [0.29, 0.717) is 17.2 Å². The highest BCUT2D eigenvalue weighted by Crippen LogP contribution is 2.15. The third kappa shape index (κ3) is 4.01. The molecule has 0 saturated heterocycles. The SMILES string of the molecule is Fc1ccccc1COc1cccc(C#CCCl)c1. The summed E-state index contributed by atoms with van der Waals surface area (Å²) in [5.74, 6) is 6.37. The fourth-order valence-corrected chi connectivity index (χ4v) is 1.64. The van der Waals surface area contributed by atoms with Gasteiger partial charge in [0.25, 0.3) is 0 Å². The fraction of sp³-hybridized carbons (Fsp3) is 0.125. The zero-order valence-electron chi connectivity index (χ0n) is 10.2. The molecule has 0 heterocycles. The summed E-state index contributed by atoms with van der Waals surface area (Å²) < 4.78 is 19.0. The molecule has 2 aromatic rings. The Kier molecular flexibility index (Phi) is 4.83. The van der Waals surface area contributed by atoms with Gasteiger partial charge in [0.2, 0.25) is 0 Å². The van der Waals surface area contributed by atoms with Crippen LogP contribution in [0.5, 0.6) is 5.75 Å². The number of halogens is 2. The molecule has 0 spiro atoms. The van der Waals surface area contributed by atoms with Crippen LogP contribution >= 0.6 is 11.6 Å². The summed E-state index contributed by atoms with van der Waals surface area (Å²) in [4.78, 5) is 0. The van der Waals surface area contributed by atoms with Crippen molar-refractivity contribution in [1.29, 1.82) is 0 Å². The van der Waals surface area contributed by atoms with E-state index < -0.39 is 0 Å². The normalized spacial score (nSPS) is 9.58. The van der Waals surface area contributed by atoms with E-state index in [-0.39, 0.29) is 12.4 Å². The second kappa shape index (κ2) is 6.82. The Morgan fingerprint density at radius 3 is 2.74 bits per heavy atom. The van der Waals surface area contributed by atoms with Crippen LogP contribution in [-0.4, -0.2) is 5.88 Å². The van der Waals surface area contributed by atoms with Gasteiger partial charge < -0.3 is 4.74 Å². The van der Waals surface area contributed by atoms with Gasteiger partial charge in [-0.2, -0.15) is 0 Å². The maximum atomic E-state index is 13.4. The molecule has 0 atom stereocenters. The summed E-state index contributed by atoms with van der Waals surface area (Å²) in [6.07, 6.45) is 0. The standard InChI is InChI=1S/C16H12ClFO/c17-10-4-6-13-5-3-8-15(11-13)19-12-14-7-1-2-9-16(14)18/h1-3,5,7-9,11H,10,12H2. The van der Waals surface area contributed by atoms with Gasteiger partial charge in [0.05, 0.1) is 5.88 Å². The van der Waals surface area contributed by atoms with Crippen LogP contribution in [0.1, 0.15) is 11.1 Å². The maximum absolute atomic E-state index is 13.4. The van der Waals surface area contributed by atoms with Crippen LogP contribution in [0.4, 0.5) is 4.39 Å². The van der Waals surface area contributed by atoms with E-state index in [2.05, 4.69) is 11.8 Å². The molecule has 0 radical (unpaired) electrons. The number of ether oxygens (including phenoxy) is 1. The topological polar surface area (TPSA) is 9.23 Å². The van der Waals surface area contributed by atoms with E-state index >= 15 is 0 Å². The Labute approximate surface area is 117 Å². The largest absolute Gasteiger partial charge is 0.489 e. The van der Waals surface area contributed by atoms with Crippen molar-refractivity contribution in [2.24, 2.45) is 0 Å². The summed E-state index contributed by atoms with van der Waals surface area (Å²) >= 11 is 5.50. The van der Waals surface area contributed by atoms with Gasteiger partial charge in [0, 0.05) is 11.1 Å². The van der Waals surface area contributed by atoms with E-state index in [9.17, 15) is 4.39 Å². The van der Waals surface area contributed by atoms with Gasteiger partial charge in [-0.25, -0.2) is 4.39 Å². The van der Waals surface area contributed by atoms with Crippen molar-refractivity contribution in [2.75, 3.05) is 5.88 Å². The van der Waals surface area contributed by atoms with Gasteiger partial charge in [-0.15, -0.1) is 11.6 Å². The Morgan fingerprint density at radius 2 is 1.95 bits per heavy atom. The monoisotopic (exact) mass is 274 g/mol. The fourth-order valence-electron chi connectivity index (χ4n) is 1.58. The summed E-state index contributed by atoms with van der Waals surface area (Å²) in [5, 5.41) is 0. The molecule has 0 aromatic heterocycles. The molecule has 0 bridgehead atoms. The molecule has 2 rings (SSSR count). The lowest BCUT2D eigenvalue weighted by Gasteiger charge is -2.07. The lowest BCUT2D eigenvalue weighted by Crippen LogP contribution is -1.98. The highest BCUT2D eigenvalue weighted by molar-refractivity contribution is 6.19. The first-order chi connectivity index (χ1) is 9.29. The zero-order valence-corrected chi connectivity index (χ0v) is 11.0. The van der Waals surface area contributed by atoms with Gasteiger partial charge in [-0.05, 0) is 24.3 Å². The first-order valence-corrected chi connectivity index (χ1v) is 6.34. The van der Waals surface area contributed by atoms with Crippen LogP contribution in [0.15, 0.2) is 48.5 Å². The van der Waals surface area contributed by atoms with Gasteiger partial charge >= 0.3 is 0 Å². The second-order valence-corrected chi connectivity index (χ2v) is 4.11. The van der Waals surface area contributed by atoms with Crippen molar-refractivity contribution in [3.05, 3.63) is 65.5 Å². The van der Waals surface area contributed by atoms with Crippen molar-refractivity contribution < 1.29 is 9.13 Å². The lowest BCUT2D eigenvalue weighted by molar-refractivity contribution is 0.300. The Hall–Kier alpha value is -1.98. The summed E-state index contributed by atoms with van der Waals surface area (Å²) in [6, 6.07) is 13.9. The summed E-state index contributed by atoms with van der Waals surface area (Å²) in [7, 11) is 0. The predicted molar refractivity (Wildman–Crippen MR) is 74.8 cm³/mol. The number of benzene rings is 2. The van der Waals surface area contributed by atoms with Crippen LogP contribution in [-0.2, 0) is 6.61 Å². The molecule has 0 N–H and O–H groups in total. The third-order valence-corrected chi connectivity index (χ3v) is 2.62. The van der Waals surface area contributed by atoms with Crippen molar-refractivity contribution in [2.45, 2.75) is 6.61 Å². The highest BCUT2D eigenvalue weighted by Gasteiger charge is 2.01. The molecule has 0 aliphatic heterocycles. The van der Waals surface area contributed by atoms with Crippen LogP contribution < -0.4 is 4.74 Å². The van der Waals surface area contributed by atoms with E-state index in [0.717, 1.165) is 5.56 Å². The maximum Gasteiger partial charge on any atom is 0.129 e. The van der Waals surface area contributed by atoms with Crippen LogP contribution in [0.3, 0.4) is 0 Å². The number of hydrogen-bond donors (Lipinski definition) is 0.